The summed E-state index contributed by atoms with van der Waals surface area (Å²) in [5.74, 6) is -0.763. The Morgan fingerprint density at radius 2 is 2.00 bits per heavy atom. The number of aliphatic carboxylic acids is 1. The van der Waals surface area contributed by atoms with Gasteiger partial charge in [0.15, 0.2) is 0 Å². The van der Waals surface area contributed by atoms with Gasteiger partial charge in [-0.1, -0.05) is 6.07 Å². The molecule has 2 rings (SSSR count). The molecule has 1 unspecified atom stereocenters. The van der Waals surface area contributed by atoms with Crippen molar-refractivity contribution in [3.8, 4) is 0 Å². The molecule has 0 saturated carbocycles. The highest BCUT2D eigenvalue weighted by molar-refractivity contribution is 5.76. The standard InChI is InChI=1S/C15H21NO3/c1-11-6-12(2)8-13(7-11)16(3)9-15(14(17)18)4-5-19-10-15/h6-8H,4-5,9-10H2,1-3H3,(H,17,18). The smallest absolute Gasteiger partial charge is 0.313 e. The molecular weight excluding hydrogens is 242 g/mol. The van der Waals surface area contributed by atoms with Crippen molar-refractivity contribution < 1.29 is 14.6 Å². The molecule has 0 radical (unpaired) electrons. The van der Waals surface area contributed by atoms with Crippen molar-refractivity contribution in [2.24, 2.45) is 5.41 Å². The summed E-state index contributed by atoms with van der Waals surface area (Å²) in [6.45, 7) is 5.42. The van der Waals surface area contributed by atoms with Gasteiger partial charge in [-0.25, -0.2) is 0 Å². The molecule has 19 heavy (non-hydrogen) atoms. The van der Waals surface area contributed by atoms with Crippen molar-refractivity contribution in [1.29, 1.82) is 0 Å². The second-order valence-electron chi connectivity index (χ2n) is 5.59. The summed E-state index contributed by atoms with van der Waals surface area (Å²) in [7, 11) is 1.94. The van der Waals surface area contributed by atoms with Crippen molar-refractivity contribution in [3.05, 3.63) is 29.3 Å². The Labute approximate surface area is 114 Å². The van der Waals surface area contributed by atoms with E-state index in [0.29, 0.717) is 26.2 Å². The molecule has 0 bridgehead atoms. The molecule has 1 aliphatic heterocycles. The number of hydrogen-bond acceptors (Lipinski definition) is 3. The number of carboxylic acids is 1. The Hall–Kier alpha value is -1.55. The maximum Gasteiger partial charge on any atom is 0.313 e. The highest BCUT2D eigenvalue weighted by atomic mass is 16.5. The summed E-state index contributed by atoms with van der Waals surface area (Å²) in [6, 6.07) is 6.28. The minimum absolute atomic E-state index is 0.303. The molecule has 1 saturated heterocycles. The van der Waals surface area contributed by atoms with Gasteiger partial charge >= 0.3 is 5.97 Å². The number of carboxylic acid groups (broad SMARTS) is 1. The number of rotatable bonds is 4. The molecule has 1 atom stereocenters. The molecule has 0 amide bonds. The van der Waals surface area contributed by atoms with Crippen LogP contribution in [0.15, 0.2) is 18.2 Å². The Balaban J connectivity index is 2.19. The van der Waals surface area contributed by atoms with Crippen LogP contribution in [-0.2, 0) is 9.53 Å². The van der Waals surface area contributed by atoms with E-state index in [2.05, 4.69) is 32.0 Å². The number of hydrogen-bond donors (Lipinski definition) is 1. The van der Waals surface area contributed by atoms with Gasteiger partial charge in [0.25, 0.3) is 0 Å². The molecule has 1 heterocycles. The molecule has 0 aliphatic carbocycles. The molecule has 0 aromatic heterocycles. The molecule has 4 nitrogen and oxygen atoms in total. The molecule has 1 aliphatic rings. The Bertz CT molecular complexity index is 458. The second kappa shape index (κ2) is 5.21. The van der Waals surface area contributed by atoms with E-state index in [0.717, 1.165) is 5.69 Å². The van der Waals surface area contributed by atoms with Gasteiger partial charge in [0.1, 0.15) is 5.41 Å². The van der Waals surface area contributed by atoms with Crippen molar-refractivity contribution in [3.63, 3.8) is 0 Å². The van der Waals surface area contributed by atoms with Crippen LogP contribution in [0.5, 0.6) is 0 Å². The molecule has 1 N–H and O–H groups in total. The van der Waals surface area contributed by atoms with Gasteiger partial charge in [0.05, 0.1) is 6.61 Å². The predicted molar refractivity (Wildman–Crippen MR) is 74.7 cm³/mol. The number of nitrogens with zero attached hydrogens (tertiary/aromatic N) is 1. The van der Waals surface area contributed by atoms with Gasteiger partial charge in [-0.2, -0.15) is 0 Å². The summed E-state index contributed by atoms with van der Waals surface area (Å²) in [6.07, 6.45) is 0.581. The van der Waals surface area contributed by atoms with E-state index in [1.54, 1.807) is 0 Å². The maximum atomic E-state index is 11.5. The van der Waals surface area contributed by atoms with E-state index in [1.807, 2.05) is 11.9 Å². The van der Waals surface area contributed by atoms with E-state index in [9.17, 15) is 9.90 Å². The number of carbonyl (C=O) groups is 1. The number of aryl methyl sites for hydroxylation is 2. The fraction of sp³-hybridized carbons (Fsp3) is 0.533. The molecule has 0 spiro atoms. The van der Waals surface area contributed by atoms with Gasteiger partial charge in [0.2, 0.25) is 0 Å². The SMILES string of the molecule is Cc1cc(C)cc(N(C)CC2(C(=O)O)CCOC2)c1. The highest BCUT2D eigenvalue weighted by Crippen LogP contribution is 2.31. The first kappa shape index (κ1) is 13.9. The molecule has 1 aromatic rings. The minimum Gasteiger partial charge on any atom is -0.481 e. The largest absolute Gasteiger partial charge is 0.481 e. The van der Waals surface area contributed by atoms with Gasteiger partial charge in [-0.05, 0) is 43.5 Å². The fourth-order valence-corrected chi connectivity index (χ4v) is 2.68. The van der Waals surface area contributed by atoms with Gasteiger partial charge in [-0.3, -0.25) is 4.79 Å². The quantitative estimate of drug-likeness (QED) is 0.905. The summed E-state index contributed by atoms with van der Waals surface area (Å²) >= 11 is 0. The van der Waals surface area contributed by atoms with Crippen LogP contribution in [0.1, 0.15) is 17.5 Å². The van der Waals surface area contributed by atoms with Crippen LogP contribution in [0.2, 0.25) is 0 Å². The second-order valence-corrected chi connectivity index (χ2v) is 5.59. The van der Waals surface area contributed by atoms with E-state index in [-0.39, 0.29) is 0 Å². The summed E-state index contributed by atoms with van der Waals surface area (Å²) in [5, 5.41) is 9.46. The van der Waals surface area contributed by atoms with Crippen molar-refractivity contribution in [2.75, 3.05) is 31.7 Å². The first-order valence-electron chi connectivity index (χ1n) is 6.53. The molecule has 1 aromatic carbocycles. The monoisotopic (exact) mass is 263 g/mol. The molecule has 4 heteroatoms. The van der Waals surface area contributed by atoms with Crippen molar-refractivity contribution in [2.45, 2.75) is 20.3 Å². The Morgan fingerprint density at radius 1 is 1.37 bits per heavy atom. The first-order chi connectivity index (χ1) is 8.93. The maximum absolute atomic E-state index is 11.5. The third-order valence-electron chi connectivity index (χ3n) is 3.74. The van der Waals surface area contributed by atoms with Gasteiger partial charge < -0.3 is 14.7 Å². The van der Waals surface area contributed by atoms with Crippen LogP contribution in [0, 0.1) is 19.3 Å². The van der Waals surface area contributed by atoms with Gasteiger partial charge in [0, 0.05) is 25.9 Å². The number of anilines is 1. The summed E-state index contributed by atoms with van der Waals surface area (Å²) in [4.78, 5) is 13.5. The minimum atomic E-state index is -0.771. The third kappa shape index (κ3) is 2.89. The van der Waals surface area contributed by atoms with Crippen molar-refractivity contribution in [1.82, 2.24) is 0 Å². The lowest BCUT2D eigenvalue weighted by Gasteiger charge is -2.30. The van der Waals surface area contributed by atoms with Crippen LogP contribution >= 0.6 is 0 Å². The molecule has 104 valence electrons. The predicted octanol–water partition coefficient (Wildman–Crippen LogP) is 2.23. The average molecular weight is 263 g/mol. The lowest BCUT2D eigenvalue weighted by molar-refractivity contribution is -0.148. The lowest BCUT2D eigenvalue weighted by atomic mass is 9.86. The fourth-order valence-electron chi connectivity index (χ4n) is 2.68. The van der Waals surface area contributed by atoms with E-state index in [1.165, 1.54) is 11.1 Å². The Morgan fingerprint density at radius 3 is 2.47 bits per heavy atom. The molecule has 1 fully saturated rings. The third-order valence-corrected chi connectivity index (χ3v) is 3.74. The van der Waals surface area contributed by atoms with E-state index >= 15 is 0 Å². The van der Waals surface area contributed by atoms with Crippen molar-refractivity contribution >= 4 is 11.7 Å². The first-order valence-corrected chi connectivity index (χ1v) is 6.53. The molecular formula is C15H21NO3. The van der Waals surface area contributed by atoms with Gasteiger partial charge in [-0.15, -0.1) is 0 Å². The summed E-state index contributed by atoms with van der Waals surface area (Å²) < 4.78 is 5.30. The average Bonchev–Trinajstić information content (AvgIpc) is 2.77. The van der Waals surface area contributed by atoms with E-state index < -0.39 is 11.4 Å². The normalized spacial score (nSPS) is 22.5. The topological polar surface area (TPSA) is 49.8 Å². The van der Waals surface area contributed by atoms with Crippen LogP contribution in [0.4, 0.5) is 5.69 Å². The zero-order valence-electron chi connectivity index (χ0n) is 11.8. The number of ether oxygens (including phenoxy) is 1. The number of benzene rings is 1. The zero-order chi connectivity index (χ0) is 14.0. The van der Waals surface area contributed by atoms with Crippen LogP contribution in [-0.4, -0.2) is 37.9 Å². The highest BCUT2D eigenvalue weighted by Gasteiger charge is 2.43. The van der Waals surface area contributed by atoms with Crippen LogP contribution < -0.4 is 4.90 Å². The lowest BCUT2D eigenvalue weighted by Crippen LogP contribution is -2.42. The zero-order valence-corrected chi connectivity index (χ0v) is 11.8. The Kier molecular flexibility index (Phi) is 3.80. The summed E-state index contributed by atoms with van der Waals surface area (Å²) in [5.41, 5.74) is 2.67. The van der Waals surface area contributed by atoms with E-state index in [4.69, 9.17) is 4.74 Å². The van der Waals surface area contributed by atoms with Crippen LogP contribution in [0.3, 0.4) is 0 Å². The van der Waals surface area contributed by atoms with Crippen LogP contribution in [0.25, 0.3) is 0 Å².